The van der Waals surface area contributed by atoms with Gasteiger partial charge in [-0.2, -0.15) is 0 Å². The maximum absolute atomic E-state index is 13.7. The van der Waals surface area contributed by atoms with Gasteiger partial charge in [0.25, 0.3) is 5.56 Å². The number of aromatic hydroxyl groups is 1. The molecule has 0 unspecified atom stereocenters. The first-order valence-corrected chi connectivity index (χ1v) is 11.2. The Morgan fingerprint density at radius 2 is 1.91 bits per heavy atom. The van der Waals surface area contributed by atoms with Crippen molar-refractivity contribution < 1.29 is 28.2 Å². The Hall–Kier alpha value is -3.93. The molecule has 3 aromatic rings. The van der Waals surface area contributed by atoms with Gasteiger partial charge in [0.05, 0.1) is 24.2 Å². The van der Waals surface area contributed by atoms with Crippen molar-refractivity contribution in [1.29, 1.82) is 0 Å². The molecule has 0 saturated heterocycles. The number of halogens is 2. The first-order chi connectivity index (χ1) is 16.7. The number of hydrogen-bond donors (Lipinski definition) is 1. The van der Waals surface area contributed by atoms with E-state index in [2.05, 4.69) is 4.98 Å². The number of hydrogen-bond acceptors (Lipinski definition) is 8. The fourth-order valence-electron chi connectivity index (χ4n) is 3.47. The van der Waals surface area contributed by atoms with E-state index in [1.807, 2.05) is 0 Å². The van der Waals surface area contributed by atoms with Gasteiger partial charge in [-0.15, -0.1) is 11.8 Å². The standard InChI is InChI=1S/C23H19F2N3O6S/c1-27-21-15(20(30)28(23(27)32)9-13-5-16(24)19(29)17(25)6-13)8-14(11-35-21)22(31)34-10-12-3-4-26-18(7-12)33-2/h3-8,29H,9-11H2,1-2H3. The Morgan fingerprint density at radius 3 is 2.60 bits per heavy atom. The monoisotopic (exact) mass is 503 g/mol. The highest BCUT2D eigenvalue weighted by molar-refractivity contribution is 7.99. The van der Waals surface area contributed by atoms with Crippen molar-refractivity contribution in [1.82, 2.24) is 14.1 Å². The average Bonchev–Trinajstić information content (AvgIpc) is 2.86. The van der Waals surface area contributed by atoms with Crippen molar-refractivity contribution in [3.05, 3.63) is 85.2 Å². The first kappa shape index (κ1) is 24.2. The summed E-state index contributed by atoms with van der Waals surface area (Å²) in [6.45, 7) is -0.475. The number of pyridine rings is 1. The maximum atomic E-state index is 13.7. The normalized spacial score (nSPS) is 12.6. The highest BCUT2D eigenvalue weighted by Crippen LogP contribution is 2.29. The minimum absolute atomic E-state index is 0.0307. The molecule has 35 heavy (non-hydrogen) atoms. The molecule has 9 nitrogen and oxygen atoms in total. The molecule has 3 heterocycles. The van der Waals surface area contributed by atoms with Crippen molar-refractivity contribution in [2.24, 2.45) is 7.05 Å². The Balaban J connectivity index is 1.63. The number of rotatable bonds is 6. The molecule has 0 atom stereocenters. The smallest absolute Gasteiger partial charge is 0.335 e. The Kier molecular flexibility index (Phi) is 6.74. The van der Waals surface area contributed by atoms with Crippen LogP contribution in [0.25, 0.3) is 6.08 Å². The van der Waals surface area contributed by atoms with Crippen LogP contribution in [0.2, 0.25) is 0 Å². The van der Waals surface area contributed by atoms with Gasteiger partial charge in [-0.3, -0.25) is 13.9 Å². The summed E-state index contributed by atoms with van der Waals surface area (Å²) in [5.74, 6) is -3.66. The predicted octanol–water partition coefficient (Wildman–Crippen LogP) is 2.22. The fraction of sp³-hybridized carbons (Fsp3) is 0.217. The summed E-state index contributed by atoms with van der Waals surface area (Å²) in [4.78, 5) is 42.5. The molecular weight excluding hydrogens is 484 g/mol. The average molecular weight is 503 g/mol. The fourth-order valence-corrected chi connectivity index (χ4v) is 4.54. The number of methoxy groups -OCH3 is 1. The van der Waals surface area contributed by atoms with E-state index in [0.29, 0.717) is 16.5 Å². The van der Waals surface area contributed by atoms with Crippen LogP contribution >= 0.6 is 11.8 Å². The number of phenols is 1. The number of aromatic nitrogens is 3. The van der Waals surface area contributed by atoms with Crippen LogP contribution in [-0.4, -0.2) is 38.1 Å². The number of nitrogens with zero attached hydrogens (tertiary/aromatic N) is 3. The summed E-state index contributed by atoms with van der Waals surface area (Å²) in [7, 11) is 2.92. The summed E-state index contributed by atoms with van der Waals surface area (Å²) < 4.78 is 39.9. The second kappa shape index (κ2) is 9.74. The van der Waals surface area contributed by atoms with Gasteiger partial charge in [0.2, 0.25) is 5.88 Å². The van der Waals surface area contributed by atoms with Crippen LogP contribution in [0.1, 0.15) is 16.7 Å². The summed E-state index contributed by atoms with van der Waals surface area (Å²) >= 11 is 1.13. The van der Waals surface area contributed by atoms with Crippen LogP contribution < -0.4 is 16.0 Å². The lowest BCUT2D eigenvalue weighted by Crippen LogP contribution is -2.42. The minimum atomic E-state index is -1.21. The second-order valence-corrected chi connectivity index (χ2v) is 8.56. The van der Waals surface area contributed by atoms with E-state index in [0.717, 1.165) is 28.5 Å². The van der Waals surface area contributed by atoms with Crippen LogP contribution in [0, 0.1) is 11.6 Å². The molecule has 1 aromatic carbocycles. The van der Waals surface area contributed by atoms with Crippen molar-refractivity contribution in [3.63, 3.8) is 0 Å². The van der Waals surface area contributed by atoms with Gasteiger partial charge < -0.3 is 14.6 Å². The Labute approximate surface area is 201 Å². The van der Waals surface area contributed by atoms with Gasteiger partial charge in [0.15, 0.2) is 17.4 Å². The number of ether oxygens (including phenoxy) is 2. The molecule has 4 rings (SSSR count). The molecular formula is C23H19F2N3O6S. The van der Waals surface area contributed by atoms with Gasteiger partial charge in [0, 0.05) is 30.6 Å². The lowest BCUT2D eigenvalue weighted by atomic mass is 10.1. The Bertz CT molecular complexity index is 1460. The quantitative estimate of drug-likeness (QED) is 0.403. The van der Waals surface area contributed by atoms with Crippen molar-refractivity contribution in [3.8, 4) is 11.6 Å². The van der Waals surface area contributed by atoms with Crippen molar-refractivity contribution in [2.45, 2.75) is 18.2 Å². The number of thioether (sulfide) groups is 1. The number of fused-ring (bicyclic) bond motifs is 1. The van der Waals surface area contributed by atoms with Crippen LogP contribution in [0.3, 0.4) is 0 Å². The van der Waals surface area contributed by atoms with Crippen LogP contribution in [0.5, 0.6) is 11.6 Å². The van der Waals surface area contributed by atoms with E-state index in [-0.39, 0.29) is 29.1 Å². The largest absolute Gasteiger partial charge is 0.503 e. The van der Waals surface area contributed by atoms with Gasteiger partial charge in [0.1, 0.15) is 6.61 Å². The highest BCUT2D eigenvalue weighted by atomic mass is 32.2. The van der Waals surface area contributed by atoms with E-state index in [1.54, 1.807) is 12.1 Å². The third-order valence-corrected chi connectivity index (χ3v) is 6.49. The molecule has 1 aliphatic rings. The third-order valence-electron chi connectivity index (χ3n) is 5.27. The van der Waals surface area contributed by atoms with Crippen LogP contribution in [0.15, 0.2) is 50.7 Å². The molecule has 0 bridgehead atoms. The molecule has 0 spiro atoms. The summed E-state index contributed by atoms with van der Waals surface area (Å²) in [5, 5.41) is 9.64. The first-order valence-electron chi connectivity index (χ1n) is 10.2. The molecule has 0 radical (unpaired) electrons. The predicted molar refractivity (Wildman–Crippen MR) is 122 cm³/mol. The molecule has 12 heteroatoms. The van der Waals surface area contributed by atoms with Crippen LogP contribution in [0.4, 0.5) is 8.78 Å². The van der Waals surface area contributed by atoms with E-state index >= 15 is 0 Å². The molecule has 182 valence electrons. The van der Waals surface area contributed by atoms with Crippen molar-refractivity contribution >= 4 is 23.8 Å². The molecule has 1 aliphatic heterocycles. The van der Waals surface area contributed by atoms with E-state index in [1.165, 1.54) is 31.0 Å². The van der Waals surface area contributed by atoms with Gasteiger partial charge >= 0.3 is 11.7 Å². The van der Waals surface area contributed by atoms with Gasteiger partial charge in [-0.25, -0.2) is 23.4 Å². The number of carbonyl (C=O) groups is 1. The van der Waals surface area contributed by atoms with Crippen molar-refractivity contribution in [2.75, 3.05) is 12.9 Å². The molecule has 0 amide bonds. The lowest BCUT2D eigenvalue weighted by molar-refractivity contribution is -0.140. The number of carbonyl (C=O) groups excluding carboxylic acids is 1. The van der Waals surface area contributed by atoms with E-state index < -0.39 is 41.1 Å². The molecule has 0 saturated carbocycles. The Morgan fingerprint density at radius 1 is 1.20 bits per heavy atom. The summed E-state index contributed by atoms with van der Waals surface area (Å²) in [5.41, 5.74) is -0.493. The highest BCUT2D eigenvalue weighted by Gasteiger charge is 2.25. The zero-order chi connectivity index (χ0) is 25.3. The third kappa shape index (κ3) is 4.83. The van der Waals surface area contributed by atoms with Crippen LogP contribution in [-0.2, 0) is 29.7 Å². The molecule has 0 fully saturated rings. The number of esters is 1. The van der Waals surface area contributed by atoms with E-state index in [4.69, 9.17) is 9.47 Å². The zero-order valence-corrected chi connectivity index (χ0v) is 19.4. The van der Waals surface area contributed by atoms with E-state index in [9.17, 15) is 28.3 Å². The SMILES string of the molecule is COc1cc(COC(=O)C2=Cc3c(n(C)c(=O)n(Cc4cc(F)c(O)c(F)c4)c3=O)SC2)ccn1. The maximum Gasteiger partial charge on any atom is 0.335 e. The molecule has 0 aliphatic carbocycles. The lowest BCUT2D eigenvalue weighted by Gasteiger charge is -2.19. The van der Waals surface area contributed by atoms with Gasteiger partial charge in [-0.05, 0) is 35.4 Å². The zero-order valence-electron chi connectivity index (χ0n) is 18.6. The second-order valence-electron chi connectivity index (χ2n) is 7.60. The molecule has 1 N–H and O–H groups in total. The minimum Gasteiger partial charge on any atom is -0.503 e. The summed E-state index contributed by atoms with van der Waals surface area (Å²) in [6.07, 6.45) is 2.88. The van der Waals surface area contributed by atoms with Gasteiger partial charge in [-0.1, -0.05) is 0 Å². The number of benzene rings is 1. The topological polar surface area (TPSA) is 113 Å². The number of phenolic OH excluding ortho intramolecular Hbond substituents is 1. The summed E-state index contributed by atoms with van der Waals surface area (Å²) in [6, 6.07) is 4.96. The molecule has 2 aromatic heterocycles.